The molecule has 0 aliphatic heterocycles. The maximum Gasteiger partial charge on any atom is 0.191 e. The minimum Gasteiger partial charge on any atom is -0.354 e. The lowest BCUT2D eigenvalue weighted by Gasteiger charge is -2.18. The van der Waals surface area contributed by atoms with Crippen LogP contribution in [0.4, 0.5) is 9.52 Å². The van der Waals surface area contributed by atoms with Gasteiger partial charge in [0.15, 0.2) is 11.1 Å². The number of rotatable bonds is 5. The van der Waals surface area contributed by atoms with Gasteiger partial charge in [0, 0.05) is 26.5 Å². The number of hydrogen-bond donors (Lipinski definition) is 2. The summed E-state index contributed by atoms with van der Waals surface area (Å²) in [5, 5.41) is 9.50. The Bertz CT molecular complexity index is 717. The predicted molar refractivity (Wildman–Crippen MR) is 115 cm³/mol. The molecule has 8 heteroatoms. The average molecular weight is 477 g/mol. The molecule has 0 saturated carbocycles. The van der Waals surface area contributed by atoms with Crippen LogP contribution in [-0.2, 0) is 6.54 Å². The maximum atomic E-state index is 13.7. The van der Waals surface area contributed by atoms with E-state index in [1.54, 1.807) is 37.4 Å². The van der Waals surface area contributed by atoms with Crippen LogP contribution in [0.25, 0.3) is 0 Å². The molecule has 1 atom stereocenters. The molecule has 0 radical (unpaired) electrons. The summed E-state index contributed by atoms with van der Waals surface area (Å²) in [4.78, 5) is 10.7. The Morgan fingerprint density at radius 1 is 1.40 bits per heavy atom. The van der Waals surface area contributed by atoms with Crippen molar-refractivity contribution in [1.29, 1.82) is 0 Å². The van der Waals surface area contributed by atoms with Crippen molar-refractivity contribution >= 4 is 46.4 Å². The first-order valence-corrected chi connectivity index (χ1v) is 8.63. The first-order valence-electron chi connectivity index (χ1n) is 7.75. The number of guanidine groups is 1. The van der Waals surface area contributed by atoms with E-state index in [-0.39, 0.29) is 35.8 Å². The number of anilines is 1. The van der Waals surface area contributed by atoms with Crippen LogP contribution in [0, 0.1) is 12.7 Å². The summed E-state index contributed by atoms with van der Waals surface area (Å²) < 4.78 is 13.7. The lowest BCUT2D eigenvalue weighted by Crippen LogP contribution is -2.38. The predicted octanol–water partition coefficient (Wildman–Crippen LogP) is 3.70. The summed E-state index contributed by atoms with van der Waals surface area (Å²) in [6.07, 6.45) is 0. The molecular formula is C17H25FIN5S. The minimum absolute atomic E-state index is 0. The molecule has 1 heterocycles. The standard InChI is InChI=1S/C17H24FN5S.HI/c1-11-6-7-13(8-15(11)18)12(2)21-16(19-3)20-9-14-10-24-17(22-14)23(4)5;/h6-8,10,12H,9H2,1-5H3,(H2,19,20,21);1H. The number of hydrogen-bond acceptors (Lipinski definition) is 4. The lowest BCUT2D eigenvalue weighted by molar-refractivity contribution is 0.607. The molecule has 0 spiro atoms. The smallest absolute Gasteiger partial charge is 0.191 e. The Balaban J connectivity index is 0.00000312. The summed E-state index contributed by atoms with van der Waals surface area (Å²) >= 11 is 1.60. The van der Waals surface area contributed by atoms with Gasteiger partial charge in [0.05, 0.1) is 18.3 Å². The number of halogens is 2. The summed E-state index contributed by atoms with van der Waals surface area (Å²) in [7, 11) is 5.65. The third kappa shape index (κ3) is 6.10. The second kappa shape index (κ2) is 9.91. The molecule has 0 amide bonds. The second-order valence-corrected chi connectivity index (χ2v) is 6.65. The van der Waals surface area contributed by atoms with Crippen LogP contribution < -0.4 is 15.5 Å². The Hall–Kier alpha value is -1.42. The maximum absolute atomic E-state index is 13.7. The van der Waals surface area contributed by atoms with Crippen molar-refractivity contribution in [2.45, 2.75) is 26.4 Å². The molecule has 1 aromatic heterocycles. The first-order chi connectivity index (χ1) is 11.4. The Morgan fingerprint density at radius 2 is 2.12 bits per heavy atom. The van der Waals surface area contributed by atoms with E-state index in [1.807, 2.05) is 37.4 Å². The summed E-state index contributed by atoms with van der Waals surface area (Å²) in [6, 6.07) is 5.22. The number of nitrogens with zero attached hydrogens (tertiary/aromatic N) is 3. The van der Waals surface area contributed by atoms with Crippen LogP contribution >= 0.6 is 35.3 Å². The molecule has 0 aliphatic rings. The third-order valence-electron chi connectivity index (χ3n) is 3.63. The summed E-state index contributed by atoms with van der Waals surface area (Å²) in [6.45, 7) is 4.32. The van der Waals surface area contributed by atoms with Gasteiger partial charge in [-0.25, -0.2) is 9.37 Å². The van der Waals surface area contributed by atoms with Crippen LogP contribution in [0.1, 0.15) is 29.8 Å². The average Bonchev–Trinajstić information content (AvgIpc) is 3.03. The highest BCUT2D eigenvalue weighted by Crippen LogP contribution is 2.18. The number of aromatic nitrogens is 1. The van der Waals surface area contributed by atoms with Crippen molar-refractivity contribution in [2.24, 2.45) is 4.99 Å². The van der Waals surface area contributed by atoms with E-state index in [2.05, 4.69) is 20.6 Å². The summed E-state index contributed by atoms with van der Waals surface area (Å²) in [5.74, 6) is 0.464. The molecule has 5 nitrogen and oxygen atoms in total. The van der Waals surface area contributed by atoms with E-state index >= 15 is 0 Å². The van der Waals surface area contributed by atoms with Crippen molar-refractivity contribution in [3.05, 3.63) is 46.2 Å². The zero-order valence-electron chi connectivity index (χ0n) is 15.1. The lowest BCUT2D eigenvalue weighted by atomic mass is 10.1. The van der Waals surface area contributed by atoms with Crippen molar-refractivity contribution in [1.82, 2.24) is 15.6 Å². The molecule has 0 bridgehead atoms. The molecule has 25 heavy (non-hydrogen) atoms. The van der Waals surface area contributed by atoms with Gasteiger partial charge >= 0.3 is 0 Å². The van der Waals surface area contributed by atoms with Gasteiger partial charge in [0.2, 0.25) is 0 Å². The van der Waals surface area contributed by atoms with Crippen molar-refractivity contribution in [3.8, 4) is 0 Å². The van der Waals surface area contributed by atoms with Crippen LogP contribution in [0.3, 0.4) is 0 Å². The number of nitrogens with one attached hydrogen (secondary N) is 2. The van der Waals surface area contributed by atoms with Gasteiger partial charge in [0.25, 0.3) is 0 Å². The van der Waals surface area contributed by atoms with Crippen molar-refractivity contribution in [3.63, 3.8) is 0 Å². The van der Waals surface area contributed by atoms with Crippen molar-refractivity contribution < 1.29 is 4.39 Å². The molecule has 138 valence electrons. The molecule has 0 saturated heterocycles. The topological polar surface area (TPSA) is 52.6 Å². The zero-order chi connectivity index (χ0) is 17.7. The van der Waals surface area contributed by atoms with Crippen LogP contribution in [0.15, 0.2) is 28.6 Å². The molecule has 0 aliphatic carbocycles. The highest BCUT2D eigenvalue weighted by molar-refractivity contribution is 14.0. The van der Waals surface area contributed by atoms with E-state index in [1.165, 1.54) is 0 Å². The van der Waals surface area contributed by atoms with E-state index in [4.69, 9.17) is 0 Å². The molecule has 2 aromatic rings. The Labute approximate surface area is 169 Å². The normalized spacial score (nSPS) is 12.3. The van der Waals surface area contributed by atoms with Gasteiger partial charge in [-0.15, -0.1) is 35.3 Å². The summed E-state index contributed by atoms with van der Waals surface area (Å²) in [5.41, 5.74) is 2.49. The third-order valence-corrected chi connectivity index (χ3v) is 4.69. The van der Waals surface area contributed by atoms with E-state index in [0.717, 1.165) is 16.4 Å². The van der Waals surface area contributed by atoms with Gasteiger partial charge in [0.1, 0.15) is 5.82 Å². The molecule has 1 aromatic carbocycles. The van der Waals surface area contributed by atoms with Gasteiger partial charge in [-0.2, -0.15) is 0 Å². The molecule has 2 rings (SSSR count). The number of aliphatic imine (C=N–C) groups is 1. The molecular weight excluding hydrogens is 452 g/mol. The largest absolute Gasteiger partial charge is 0.354 e. The first kappa shape index (κ1) is 21.6. The number of aryl methyl sites for hydroxylation is 1. The van der Waals surface area contributed by atoms with Gasteiger partial charge in [-0.3, -0.25) is 4.99 Å². The second-order valence-electron chi connectivity index (χ2n) is 5.82. The molecule has 1 unspecified atom stereocenters. The van der Waals surface area contributed by atoms with Crippen LogP contribution in [-0.4, -0.2) is 32.1 Å². The minimum atomic E-state index is -0.192. The quantitative estimate of drug-likeness (QED) is 0.392. The number of benzene rings is 1. The van der Waals surface area contributed by atoms with Crippen molar-refractivity contribution in [2.75, 3.05) is 26.0 Å². The fraction of sp³-hybridized carbons (Fsp3) is 0.412. The van der Waals surface area contributed by atoms with E-state index in [0.29, 0.717) is 18.1 Å². The molecule has 2 N–H and O–H groups in total. The Kier molecular flexibility index (Phi) is 8.57. The van der Waals surface area contributed by atoms with E-state index < -0.39 is 0 Å². The van der Waals surface area contributed by atoms with Gasteiger partial charge in [-0.05, 0) is 31.0 Å². The van der Waals surface area contributed by atoms with Gasteiger partial charge < -0.3 is 15.5 Å². The van der Waals surface area contributed by atoms with Crippen LogP contribution in [0.2, 0.25) is 0 Å². The highest BCUT2D eigenvalue weighted by Gasteiger charge is 2.10. The zero-order valence-corrected chi connectivity index (χ0v) is 18.3. The fourth-order valence-electron chi connectivity index (χ4n) is 2.12. The monoisotopic (exact) mass is 477 g/mol. The fourth-order valence-corrected chi connectivity index (χ4v) is 2.88. The SMILES string of the molecule is CN=C(NCc1csc(N(C)C)n1)NC(C)c1ccc(C)c(F)c1.I. The Morgan fingerprint density at radius 3 is 2.68 bits per heavy atom. The van der Waals surface area contributed by atoms with E-state index in [9.17, 15) is 4.39 Å². The van der Waals surface area contributed by atoms with Crippen LogP contribution in [0.5, 0.6) is 0 Å². The molecule has 0 fully saturated rings. The number of thiazole rings is 1. The highest BCUT2D eigenvalue weighted by atomic mass is 127. The van der Waals surface area contributed by atoms with Gasteiger partial charge in [-0.1, -0.05) is 12.1 Å².